The standard InChI is InChI=1S/C15H21NOSi/c1-15(2,3)18(4,5)17-14-7-6-12-8-9-16-11-13(12)10-14/h6-11H,1-5H3. The van der Waals surface area contributed by atoms with Gasteiger partial charge in [0, 0.05) is 17.8 Å². The van der Waals surface area contributed by atoms with E-state index >= 15 is 0 Å². The zero-order valence-electron chi connectivity index (χ0n) is 11.8. The van der Waals surface area contributed by atoms with Crippen LogP contribution in [0.3, 0.4) is 0 Å². The molecule has 0 N–H and O–H groups in total. The van der Waals surface area contributed by atoms with Crippen LogP contribution in [0.2, 0.25) is 18.1 Å². The predicted molar refractivity (Wildman–Crippen MR) is 79.6 cm³/mol. The molecule has 0 saturated carbocycles. The molecule has 0 aliphatic rings. The molecule has 0 amide bonds. The third-order valence-electron chi connectivity index (χ3n) is 3.79. The Labute approximate surface area is 110 Å². The van der Waals surface area contributed by atoms with Gasteiger partial charge < -0.3 is 4.43 Å². The van der Waals surface area contributed by atoms with Crippen LogP contribution >= 0.6 is 0 Å². The lowest BCUT2D eigenvalue weighted by Gasteiger charge is -2.36. The molecule has 0 radical (unpaired) electrons. The fourth-order valence-corrected chi connectivity index (χ4v) is 2.60. The van der Waals surface area contributed by atoms with E-state index in [-0.39, 0.29) is 5.04 Å². The van der Waals surface area contributed by atoms with Gasteiger partial charge in [-0.3, -0.25) is 4.98 Å². The van der Waals surface area contributed by atoms with Gasteiger partial charge in [-0.05, 0) is 41.7 Å². The van der Waals surface area contributed by atoms with Gasteiger partial charge in [0.15, 0.2) is 0 Å². The Morgan fingerprint density at radius 1 is 1.06 bits per heavy atom. The summed E-state index contributed by atoms with van der Waals surface area (Å²) in [4.78, 5) is 4.15. The van der Waals surface area contributed by atoms with Crippen molar-refractivity contribution >= 4 is 19.1 Å². The maximum Gasteiger partial charge on any atom is 0.250 e. The number of rotatable bonds is 2. The molecule has 1 heterocycles. The third kappa shape index (κ3) is 2.56. The van der Waals surface area contributed by atoms with Crippen molar-refractivity contribution in [2.45, 2.75) is 38.9 Å². The number of hydrogen-bond acceptors (Lipinski definition) is 2. The Morgan fingerprint density at radius 3 is 2.44 bits per heavy atom. The lowest BCUT2D eigenvalue weighted by Crippen LogP contribution is -2.43. The highest BCUT2D eigenvalue weighted by Crippen LogP contribution is 2.37. The topological polar surface area (TPSA) is 22.1 Å². The van der Waals surface area contributed by atoms with Gasteiger partial charge in [0.1, 0.15) is 5.75 Å². The summed E-state index contributed by atoms with van der Waals surface area (Å²) in [5.74, 6) is 0.960. The number of benzene rings is 1. The largest absolute Gasteiger partial charge is 0.543 e. The smallest absolute Gasteiger partial charge is 0.250 e. The van der Waals surface area contributed by atoms with Crippen LogP contribution in [0.25, 0.3) is 10.8 Å². The first-order valence-corrected chi connectivity index (χ1v) is 9.23. The molecule has 0 fully saturated rings. The van der Waals surface area contributed by atoms with Crippen LogP contribution in [-0.2, 0) is 0 Å². The van der Waals surface area contributed by atoms with E-state index in [1.165, 1.54) is 5.39 Å². The molecule has 0 aliphatic heterocycles. The molecule has 2 rings (SSSR count). The second-order valence-electron chi connectivity index (χ2n) is 6.25. The van der Waals surface area contributed by atoms with Gasteiger partial charge in [0.2, 0.25) is 8.32 Å². The van der Waals surface area contributed by atoms with Crippen molar-refractivity contribution in [3.8, 4) is 5.75 Å². The van der Waals surface area contributed by atoms with E-state index < -0.39 is 8.32 Å². The average Bonchev–Trinajstić information content (AvgIpc) is 2.27. The fourth-order valence-electron chi connectivity index (χ4n) is 1.57. The number of hydrogen-bond donors (Lipinski definition) is 0. The van der Waals surface area contributed by atoms with Crippen molar-refractivity contribution < 1.29 is 4.43 Å². The van der Waals surface area contributed by atoms with E-state index in [1.807, 2.05) is 18.5 Å². The molecule has 1 aromatic carbocycles. The first kappa shape index (κ1) is 13.1. The summed E-state index contributed by atoms with van der Waals surface area (Å²) in [5.41, 5.74) is 0. The maximum absolute atomic E-state index is 6.29. The zero-order valence-corrected chi connectivity index (χ0v) is 12.8. The van der Waals surface area contributed by atoms with E-state index in [2.05, 4.69) is 57.0 Å². The minimum Gasteiger partial charge on any atom is -0.543 e. The van der Waals surface area contributed by atoms with Crippen molar-refractivity contribution in [2.24, 2.45) is 0 Å². The molecule has 1 aromatic heterocycles. The predicted octanol–water partition coefficient (Wildman–Crippen LogP) is 4.62. The molecule has 3 heteroatoms. The highest BCUT2D eigenvalue weighted by atomic mass is 28.4. The monoisotopic (exact) mass is 259 g/mol. The molecule has 18 heavy (non-hydrogen) atoms. The molecule has 0 bridgehead atoms. The summed E-state index contributed by atoms with van der Waals surface area (Å²) in [6, 6.07) is 8.26. The molecule has 0 atom stereocenters. The van der Waals surface area contributed by atoms with Gasteiger partial charge in [-0.2, -0.15) is 0 Å². The summed E-state index contributed by atoms with van der Waals surface area (Å²) in [7, 11) is -1.75. The van der Waals surface area contributed by atoms with Crippen molar-refractivity contribution in [1.82, 2.24) is 4.98 Å². The quantitative estimate of drug-likeness (QED) is 0.734. The van der Waals surface area contributed by atoms with Gasteiger partial charge in [0.05, 0.1) is 0 Å². The fraction of sp³-hybridized carbons (Fsp3) is 0.400. The molecule has 2 aromatic rings. The van der Waals surface area contributed by atoms with E-state index in [0.717, 1.165) is 11.1 Å². The molecular weight excluding hydrogens is 238 g/mol. The molecule has 0 saturated heterocycles. The van der Waals surface area contributed by atoms with Gasteiger partial charge in [-0.1, -0.05) is 26.8 Å². The Bertz CT molecular complexity index is 558. The number of pyridine rings is 1. The van der Waals surface area contributed by atoms with Gasteiger partial charge >= 0.3 is 0 Å². The molecule has 0 aliphatic carbocycles. The highest BCUT2D eigenvalue weighted by molar-refractivity contribution is 6.74. The Balaban J connectivity index is 2.33. The Morgan fingerprint density at radius 2 is 1.78 bits per heavy atom. The first-order valence-electron chi connectivity index (χ1n) is 6.32. The number of aromatic nitrogens is 1. The third-order valence-corrected chi connectivity index (χ3v) is 8.15. The first-order chi connectivity index (χ1) is 8.29. The summed E-state index contributed by atoms with van der Waals surface area (Å²) in [6.45, 7) is 11.3. The van der Waals surface area contributed by atoms with E-state index in [1.54, 1.807) is 0 Å². The summed E-state index contributed by atoms with van der Waals surface area (Å²) < 4.78 is 6.29. The SMILES string of the molecule is CC(C)(C)[Si](C)(C)Oc1ccc2ccncc2c1. The van der Waals surface area contributed by atoms with Crippen molar-refractivity contribution in [3.05, 3.63) is 36.7 Å². The number of nitrogens with zero attached hydrogens (tertiary/aromatic N) is 1. The Kier molecular flexibility index (Phi) is 3.19. The zero-order chi connectivity index (χ0) is 13.4. The van der Waals surface area contributed by atoms with Crippen molar-refractivity contribution in [2.75, 3.05) is 0 Å². The second-order valence-corrected chi connectivity index (χ2v) is 11.0. The van der Waals surface area contributed by atoms with Crippen LogP contribution < -0.4 is 4.43 Å². The van der Waals surface area contributed by atoms with Crippen molar-refractivity contribution in [1.29, 1.82) is 0 Å². The minimum atomic E-state index is -1.75. The van der Waals surface area contributed by atoms with E-state index in [4.69, 9.17) is 4.43 Å². The summed E-state index contributed by atoms with van der Waals surface area (Å²) >= 11 is 0. The molecule has 96 valence electrons. The lowest BCUT2D eigenvalue weighted by molar-refractivity contribution is 0.493. The van der Waals surface area contributed by atoms with Gasteiger partial charge in [0.25, 0.3) is 0 Å². The average molecular weight is 259 g/mol. The van der Waals surface area contributed by atoms with E-state index in [0.29, 0.717) is 0 Å². The van der Waals surface area contributed by atoms with Crippen LogP contribution in [0.5, 0.6) is 5.75 Å². The van der Waals surface area contributed by atoms with Crippen LogP contribution in [0.15, 0.2) is 36.7 Å². The van der Waals surface area contributed by atoms with Crippen LogP contribution in [0.1, 0.15) is 20.8 Å². The summed E-state index contributed by atoms with van der Waals surface area (Å²) in [5, 5.41) is 2.55. The van der Waals surface area contributed by atoms with Crippen LogP contribution in [-0.4, -0.2) is 13.3 Å². The Hall–Kier alpha value is -1.35. The molecular formula is C15H21NOSi. The van der Waals surface area contributed by atoms with Gasteiger partial charge in [-0.15, -0.1) is 0 Å². The summed E-state index contributed by atoms with van der Waals surface area (Å²) in [6.07, 6.45) is 3.70. The van der Waals surface area contributed by atoms with E-state index in [9.17, 15) is 0 Å². The maximum atomic E-state index is 6.29. The van der Waals surface area contributed by atoms with Crippen molar-refractivity contribution in [3.63, 3.8) is 0 Å². The normalized spacial score (nSPS) is 12.7. The molecule has 2 nitrogen and oxygen atoms in total. The molecule has 0 unspecified atom stereocenters. The second kappa shape index (κ2) is 4.39. The molecule has 0 spiro atoms. The van der Waals surface area contributed by atoms with Gasteiger partial charge in [-0.25, -0.2) is 0 Å². The minimum absolute atomic E-state index is 0.219. The van der Waals surface area contributed by atoms with Crippen LogP contribution in [0.4, 0.5) is 0 Å². The van der Waals surface area contributed by atoms with Crippen LogP contribution in [0, 0.1) is 0 Å². The number of fused-ring (bicyclic) bond motifs is 1. The lowest BCUT2D eigenvalue weighted by atomic mass is 10.2. The highest BCUT2D eigenvalue weighted by Gasteiger charge is 2.38.